The highest BCUT2D eigenvalue weighted by Crippen LogP contribution is 2.28. The Labute approximate surface area is 106 Å². The maximum atomic E-state index is 5.91. The van der Waals surface area contributed by atoms with Crippen molar-refractivity contribution in [2.24, 2.45) is 5.73 Å². The van der Waals surface area contributed by atoms with Crippen molar-refractivity contribution in [1.82, 2.24) is 0 Å². The fraction of sp³-hybridized carbons (Fsp3) is 0.500. The van der Waals surface area contributed by atoms with E-state index in [-0.39, 0.29) is 6.10 Å². The molecule has 1 aliphatic carbocycles. The zero-order chi connectivity index (χ0) is 11.5. The van der Waals surface area contributed by atoms with Gasteiger partial charge in [0, 0.05) is 16.1 Å². The second-order valence-corrected chi connectivity index (χ2v) is 5.13. The lowest BCUT2D eigenvalue weighted by atomic mass is 9.94. The van der Waals surface area contributed by atoms with Crippen molar-refractivity contribution in [2.75, 3.05) is 0 Å². The summed E-state index contributed by atoms with van der Waals surface area (Å²) in [5.41, 5.74) is 5.84. The third kappa shape index (κ3) is 3.27. The maximum absolute atomic E-state index is 5.91. The first-order chi connectivity index (χ1) is 7.63. The molecule has 0 aromatic heterocycles. The van der Waals surface area contributed by atoms with Crippen molar-refractivity contribution in [1.29, 1.82) is 0 Å². The van der Waals surface area contributed by atoms with Crippen molar-refractivity contribution >= 4 is 23.2 Å². The average Bonchev–Trinajstić information content (AvgIpc) is 2.20. The summed E-state index contributed by atoms with van der Waals surface area (Å²) >= 11 is 11.8. The van der Waals surface area contributed by atoms with Crippen LogP contribution in [0.5, 0.6) is 5.75 Å². The van der Waals surface area contributed by atoms with Crippen LogP contribution in [0.3, 0.4) is 0 Å². The molecule has 1 aliphatic rings. The van der Waals surface area contributed by atoms with Gasteiger partial charge in [-0.15, -0.1) is 0 Å². The molecule has 0 spiro atoms. The molecule has 88 valence electrons. The zero-order valence-corrected chi connectivity index (χ0v) is 10.5. The normalized spacial score (nSPS) is 25.4. The molecule has 0 amide bonds. The fourth-order valence-electron chi connectivity index (χ4n) is 2.00. The van der Waals surface area contributed by atoms with Crippen LogP contribution in [0.2, 0.25) is 10.0 Å². The molecule has 1 aromatic carbocycles. The SMILES string of the molecule is NC1CCC(Oc2cc(Cl)cc(Cl)c2)CC1. The lowest BCUT2D eigenvalue weighted by Crippen LogP contribution is -2.31. The molecule has 16 heavy (non-hydrogen) atoms. The molecule has 0 saturated heterocycles. The van der Waals surface area contributed by atoms with Gasteiger partial charge in [0.05, 0.1) is 6.10 Å². The van der Waals surface area contributed by atoms with Crippen LogP contribution >= 0.6 is 23.2 Å². The minimum Gasteiger partial charge on any atom is -0.490 e. The zero-order valence-electron chi connectivity index (χ0n) is 8.96. The van der Waals surface area contributed by atoms with Crippen LogP contribution in [-0.4, -0.2) is 12.1 Å². The molecule has 2 N–H and O–H groups in total. The highest BCUT2D eigenvalue weighted by atomic mass is 35.5. The van der Waals surface area contributed by atoms with E-state index in [4.69, 9.17) is 33.7 Å². The molecule has 1 aromatic rings. The Morgan fingerprint density at radius 3 is 2.12 bits per heavy atom. The molecule has 0 aliphatic heterocycles. The van der Waals surface area contributed by atoms with E-state index in [9.17, 15) is 0 Å². The van der Waals surface area contributed by atoms with Gasteiger partial charge in [0.2, 0.25) is 0 Å². The Morgan fingerprint density at radius 2 is 1.56 bits per heavy atom. The summed E-state index contributed by atoms with van der Waals surface area (Å²) in [6.07, 6.45) is 4.31. The molecule has 2 nitrogen and oxygen atoms in total. The van der Waals surface area contributed by atoms with Gasteiger partial charge in [0.1, 0.15) is 5.75 Å². The minimum atomic E-state index is 0.245. The average molecular weight is 260 g/mol. The van der Waals surface area contributed by atoms with E-state index in [1.54, 1.807) is 18.2 Å². The van der Waals surface area contributed by atoms with Crippen LogP contribution < -0.4 is 10.5 Å². The van der Waals surface area contributed by atoms with E-state index in [1.807, 2.05) is 0 Å². The number of hydrogen-bond donors (Lipinski definition) is 1. The van der Waals surface area contributed by atoms with Crippen LogP contribution in [0.25, 0.3) is 0 Å². The minimum absolute atomic E-state index is 0.245. The summed E-state index contributed by atoms with van der Waals surface area (Å²) in [5.74, 6) is 0.748. The van der Waals surface area contributed by atoms with Gasteiger partial charge in [0.15, 0.2) is 0 Å². The molecule has 0 radical (unpaired) electrons. The number of nitrogens with two attached hydrogens (primary N) is 1. The Bertz CT molecular complexity index is 342. The Hall–Kier alpha value is -0.440. The maximum Gasteiger partial charge on any atom is 0.122 e. The summed E-state index contributed by atoms with van der Waals surface area (Å²) in [6.45, 7) is 0. The van der Waals surface area contributed by atoms with Crippen LogP contribution in [0.1, 0.15) is 25.7 Å². The van der Waals surface area contributed by atoms with Gasteiger partial charge in [-0.05, 0) is 43.9 Å². The van der Waals surface area contributed by atoms with Gasteiger partial charge >= 0.3 is 0 Å². The lowest BCUT2D eigenvalue weighted by Gasteiger charge is -2.26. The van der Waals surface area contributed by atoms with E-state index in [0.29, 0.717) is 16.1 Å². The smallest absolute Gasteiger partial charge is 0.122 e. The Morgan fingerprint density at radius 1 is 1.00 bits per heavy atom. The second-order valence-electron chi connectivity index (χ2n) is 4.26. The first-order valence-corrected chi connectivity index (χ1v) is 6.27. The van der Waals surface area contributed by atoms with Crippen LogP contribution in [-0.2, 0) is 0 Å². The van der Waals surface area contributed by atoms with Gasteiger partial charge in [-0.2, -0.15) is 0 Å². The van der Waals surface area contributed by atoms with Gasteiger partial charge in [0.25, 0.3) is 0 Å². The highest BCUT2D eigenvalue weighted by molar-refractivity contribution is 6.34. The quantitative estimate of drug-likeness (QED) is 0.881. The first-order valence-electron chi connectivity index (χ1n) is 5.52. The Kier molecular flexibility index (Phi) is 3.95. The third-order valence-electron chi connectivity index (χ3n) is 2.86. The largest absolute Gasteiger partial charge is 0.490 e. The molecular weight excluding hydrogens is 245 g/mol. The van der Waals surface area contributed by atoms with Gasteiger partial charge in [-0.3, -0.25) is 0 Å². The highest BCUT2D eigenvalue weighted by Gasteiger charge is 2.19. The number of benzene rings is 1. The predicted octanol–water partition coefficient (Wildman–Crippen LogP) is 3.64. The van der Waals surface area contributed by atoms with E-state index < -0.39 is 0 Å². The number of hydrogen-bond acceptors (Lipinski definition) is 2. The van der Waals surface area contributed by atoms with Crippen molar-refractivity contribution in [3.8, 4) is 5.75 Å². The summed E-state index contributed by atoms with van der Waals surface area (Å²) in [6, 6.07) is 5.62. The van der Waals surface area contributed by atoms with Crippen molar-refractivity contribution in [3.63, 3.8) is 0 Å². The lowest BCUT2D eigenvalue weighted by molar-refractivity contribution is 0.147. The van der Waals surface area contributed by atoms with E-state index in [0.717, 1.165) is 31.4 Å². The van der Waals surface area contributed by atoms with Crippen LogP contribution in [0.15, 0.2) is 18.2 Å². The van der Waals surface area contributed by atoms with Crippen molar-refractivity contribution in [3.05, 3.63) is 28.2 Å². The molecule has 2 rings (SSSR count). The van der Waals surface area contributed by atoms with Crippen molar-refractivity contribution < 1.29 is 4.74 Å². The Balaban J connectivity index is 1.98. The van der Waals surface area contributed by atoms with Gasteiger partial charge in [-0.25, -0.2) is 0 Å². The predicted molar refractivity (Wildman–Crippen MR) is 67.3 cm³/mol. The number of rotatable bonds is 2. The molecule has 4 heteroatoms. The molecule has 0 heterocycles. The van der Waals surface area contributed by atoms with Crippen molar-refractivity contribution in [2.45, 2.75) is 37.8 Å². The summed E-state index contributed by atoms with van der Waals surface area (Å²) in [7, 11) is 0. The van der Waals surface area contributed by atoms with E-state index in [1.165, 1.54) is 0 Å². The first kappa shape index (κ1) is 12.0. The van der Waals surface area contributed by atoms with Crippen LogP contribution in [0, 0.1) is 0 Å². The molecule has 0 bridgehead atoms. The molecular formula is C12H15Cl2NO. The fourth-order valence-corrected chi connectivity index (χ4v) is 2.50. The third-order valence-corrected chi connectivity index (χ3v) is 3.29. The van der Waals surface area contributed by atoms with Gasteiger partial charge < -0.3 is 10.5 Å². The topological polar surface area (TPSA) is 35.2 Å². The monoisotopic (exact) mass is 259 g/mol. The molecule has 0 unspecified atom stereocenters. The molecule has 1 saturated carbocycles. The van der Waals surface area contributed by atoms with Gasteiger partial charge in [-0.1, -0.05) is 23.2 Å². The molecule has 0 atom stereocenters. The van der Waals surface area contributed by atoms with Crippen LogP contribution in [0.4, 0.5) is 0 Å². The van der Waals surface area contributed by atoms with E-state index in [2.05, 4.69) is 0 Å². The summed E-state index contributed by atoms with van der Waals surface area (Å²) in [5, 5.41) is 1.21. The standard InChI is InChI=1S/C12H15Cl2NO/c13-8-5-9(14)7-12(6-8)16-11-3-1-10(15)2-4-11/h5-7,10-11H,1-4,15H2. The second kappa shape index (κ2) is 5.26. The molecule has 1 fully saturated rings. The summed E-state index contributed by atoms with van der Waals surface area (Å²) < 4.78 is 5.84. The summed E-state index contributed by atoms with van der Waals surface area (Å²) in [4.78, 5) is 0. The number of ether oxygens (including phenoxy) is 1. The number of halogens is 2. The van der Waals surface area contributed by atoms with E-state index >= 15 is 0 Å².